The smallest absolute Gasteiger partial charge is 0.149 e. The third-order valence-corrected chi connectivity index (χ3v) is 3.58. The highest BCUT2D eigenvalue weighted by Crippen LogP contribution is 2.04. The van der Waals surface area contributed by atoms with Crippen LogP contribution in [0.4, 0.5) is 11.4 Å². The Hall–Kier alpha value is -1.23. The third-order valence-electron chi connectivity index (χ3n) is 1.82. The molecule has 0 aliphatic rings. The minimum Gasteiger partial charge on any atom is -0.399 e. The molecule has 0 atom stereocenters. The summed E-state index contributed by atoms with van der Waals surface area (Å²) in [7, 11) is -2.66. The number of benzene rings is 1. The van der Waals surface area contributed by atoms with E-state index in [1.807, 2.05) is 0 Å². The average Bonchev–Trinajstić information content (AvgIpc) is 2.23. The molecule has 0 aliphatic carbocycles. The van der Waals surface area contributed by atoms with Crippen LogP contribution < -0.4 is 11.5 Å². The van der Waals surface area contributed by atoms with Crippen molar-refractivity contribution < 1.29 is 8.42 Å². The molecule has 5 heteroatoms. The first-order chi connectivity index (χ1) is 6.91. The summed E-state index contributed by atoms with van der Waals surface area (Å²) in [5.41, 5.74) is 12.2. The van der Waals surface area contributed by atoms with Crippen molar-refractivity contribution in [2.75, 3.05) is 23.0 Å². The van der Waals surface area contributed by atoms with Crippen LogP contribution in [0, 0.1) is 0 Å². The van der Waals surface area contributed by atoms with Crippen molar-refractivity contribution in [2.24, 2.45) is 0 Å². The first-order valence-corrected chi connectivity index (χ1v) is 6.54. The molecule has 0 spiro atoms. The number of sulfone groups is 1. The van der Waals surface area contributed by atoms with Gasteiger partial charge in [-0.25, -0.2) is 8.42 Å². The van der Waals surface area contributed by atoms with Gasteiger partial charge in [0.25, 0.3) is 0 Å². The number of anilines is 2. The average molecular weight is 230 g/mol. The number of rotatable bonds is 2. The van der Waals surface area contributed by atoms with Crippen molar-refractivity contribution in [1.82, 2.24) is 0 Å². The fraction of sp³-hybridized carbons (Fsp3) is 0.400. The monoisotopic (exact) mass is 230 g/mol. The summed E-state index contributed by atoms with van der Waals surface area (Å²) >= 11 is 0. The summed E-state index contributed by atoms with van der Waals surface area (Å²) in [6.07, 6.45) is 0. The summed E-state index contributed by atoms with van der Waals surface area (Å²) < 4.78 is 20.7. The lowest BCUT2D eigenvalue weighted by Crippen LogP contribution is -2.04. The summed E-state index contributed by atoms with van der Waals surface area (Å²) in [4.78, 5) is 0. The van der Waals surface area contributed by atoms with E-state index in [4.69, 9.17) is 11.5 Å². The van der Waals surface area contributed by atoms with E-state index < -0.39 is 9.84 Å². The third kappa shape index (κ3) is 6.79. The highest BCUT2D eigenvalue weighted by molar-refractivity contribution is 7.91. The maximum Gasteiger partial charge on any atom is 0.149 e. The molecule has 0 fully saturated rings. The zero-order chi connectivity index (χ0) is 11.9. The van der Waals surface area contributed by atoms with Crippen LogP contribution in [-0.4, -0.2) is 19.9 Å². The van der Waals surface area contributed by atoms with Crippen molar-refractivity contribution in [2.45, 2.75) is 13.8 Å². The van der Waals surface area contributed by atoms with Gasteiger partial charge in [0.15, 0.2) is 0 Å². The van der Waals surface area contributed by atoms with Gasteiger partial charge in [-0.1, -0.05) is 13.8 Å². The molecule has 15 heavy (non-hydrogen) atoms. The predicted molar refractivity (Wildman–Crippen MR) is 65.3 cm³/mol. The Balaban J connectivity index is 0.000000265. The lowest BCUT2D eigenvalue weighted by molar-refractivity contribution is 0.598. The fourth-order valence-corrected chi connectivity index (χ4v) is 1.11. The highest BCUT2D eigenvalue weighted by atomic mass is 32.2. The molecule has 0 amide bonds. The molecule has 1 rings (SSSR count). The van der Waals surface area contributed by atoms with E-state index in [9.17, 15) is 8.42 Å². The summed E-state index contributed by atoms with van der Waals surface area (Å²) in [5, 5.41) is 0. The van der Waals surface area contributed by atoms with E-state index in [-0.39, 0.29) is 11.5 Å². The second-order valence-electron chi connectivity index (χ2n) is 2.99. The van der Waals surface area contributed by atoms with Crippen molar-refractivity contribution in [1.29, 1.82) is 0 Å². The fourth-order valence-electron chi connectivity index (χ4n) is 0.700. The zero-order valence-electron chi connectivity index (χ0n) is 9.10. The van der Waals surface area contributed by atoms with E-state index in [0.717, 1.165) is 11.4 Å². The van der Waals surface area contributed by atoms with Crippen LogP contribution in [0.5, 0.6) is 0 Å². The van der Waals surface area contributed by atoms with Crippen molar-refractivity contribution in [3.05, 3.63) is 24.3 Å². The first-order valence-electron chi connectivity index (χ1n) is 4.72. The van der Waals surface area contributed by atoms with Crippen molar-refractivity contribution in [3.8, 4) is 0 Å². The van der Waals surface area contributed by atoms with Crippen LogP contribution in [0.1, 0.15) is 13.8 Å². The number of hydrogen-bond acceptors (Lipinski definition) is 4. The van der Waals surface area contributed by atoms with Gasteiger partial charge in [0, 0.05) is 22.9 Å². The molecular formula is C10H18N2O2S. The minimum atomic E-state index is -2.66. The van der Waals surface area contributed by atoms with Crippen molar-refractivity contribution >= 4 is 21.2 Å². The summed E-state index contributed by atoms with van der Waals surface area (Å²) in [6, 6.07) is 7.09. The number of hydrogen-bond donors (Lipinski definition) is 2. The molecular weight excluding hydrogens is 212 g/mol. The largest absolute Gasteiger partial charge is 0.399 e. The maximum absolute atomic E-state index is 10.4. The van der Waals surface area contributed by atoms with Gasteiger partial charge in [-0.05, 0) is 24.3 Å². The lowest BCUT2D eigenvalue weighted by Gasteiger charge is -1.90. The van der Waals surface area contributed by atoms with Gasteiger partial charge in [0.1, 0.15) is 9.84 Å². The Labute approximate surface area is 91.2 Å². The number of nitrogens with two attached hydrogens (primary N) is 2. The van der Waals surface area contributed by atoms with E-state index in [1.54, 1.807) is 38.1 Å². The molecule has 0 saturated carbocycles. The second kappa shape index (κ2) is 6.29. The molecule has 0 unspecified atom stereocenters. The molecule has 4 nitrogen and oxygen atoms in total. The van der Waals surface area contributed by atoms with E-state index in [0.29, 0.717) is 0 Å². The van der Waals surface area contributed by atoms with Crippen LogP contribution in [0.15, 0.2) is 24.3 Å². The molecule has 0 aliphatic heterocycles. The van der Waals surface area contributed by atoms with Gasteiger partial charge in [-0.15, -0.1) is 0 Å². The Morgan fingerprint density at radius 2 is 1.20 bits per heavy atom. The Bertz CT molecular complexity index is 340. The number of nitrogen functional groups attached to an aromatic ring is 2. The second-order valence-corrected chi connectivity index (χ2v) is 5.63. The van der Waals surface area contributed by atoms with Crippen LogP contribution in [-0.2, 0) is 9.84 Å². The predicted octanol–water partition coefficient (Wildman–Crippen LogP) is 1.29. The van der Waals surface area contributed by atoms with Crippen molar-refractivity contribution in [3.63, 3.8) is 0 Å². The van der Waals surface area contributed by atoms with E-state index >= 15 is 0 Å². The van der Waals surface area contributed by atoms with Crippen LogP contribution in [0.25, 0.3) is 0 Å². The summed E-state index contributed by atoms with van der Waals surface area (Å²) in [6.45, 7) is 3.30. The van der Waals surface area contributed by atoms with Crippen LogP contribution in [0.2, 0.25) is 0 Å². The standard InChI is InChI=1S/C6H8N2.C4H10O2S/c7-5-1-2-6(8)4-3-5;1-3-7(5,6)4-2/h1-4H,7-8H2;3-4H2,1-2H3. The van der Waals surface area contributed by atoms with Gasteiger partial charge in [0.2, 0.25) is 0 Å². The molecule has 1 aromatic rings. The zero-order valence-corrected chi connectivity index (χ0v) is 9.92. The van der Waals surface area contributed by atoms with Gasteiger partial charge in [-0.3, -0.25) is 0 Å². The van der Waals surface area contributed by atoms with E-state index in [2.05, 4.69) is 0 Å². The normalized spacial score (nSPS) is 10.3. The topological polar surface area (TPSA) is 86.2 Å². The molecule has 1 aromatic carbocycles. The van der Waals surface area contributed by atoms with Gasteiger partial charge in [0.05, 0.1) is 0 Å². The molecule has 0 aromatic heterocycles. The van der Waals surface area contributed by atoms with Gasteiger partial charge in [-0.2, -0.15) is 0 Å². The van der Waals surface area contributed by atoms with Crippen LogP contribution >= 0.6 is 0 Å². The Kier molecular flexibility index (Phi) is 5.77. The van der Waals surface area contributed by atoms with Crippen LogP contribution in [0.3, 0.4) is 0 Å². The Morgan fingerprint density at radius 1 is 0.933 bits per heavy atom. The molecule has 0 heterocycles. The van der Waals surface area contributed by atoms with Gasteiger partial charge < -0.3 is 11.5 Å². The highest BCUT2D eigenvalue weighted by Gasteiger charge is 1.99. The lowest BCUT2D eigenvalue weighted by atomic mass is 10.3. The van der Waals surface area contributed by atoms with Gasteiger partial charge >= 0.3 is 0 Å². The maximum atomic E-state index is 10.4. The quantitative estimate of drug-likeness (QED) is 0.750. The first kappa shape index (κ1) is 13.8. The molecule has 0 saturated heterocycles. The Morgan fingerprint density at radius 3 is 1.33 bits per heavy atom. The molecule has 0 bridgehead atoms. The molecule has 4 N–H and O–H groups in total. The minimum absolute atomic E-state index is 0.267. The SMILES string of the molecule is CCS(=O)(=O)CC.Nc1ccc(N)cc1. The van der Waals surface area contributed by atoms with E-state index in [1.165, 1.54) is 0 Å². The molecule has 86 valence electrons. The summed E-state index contributed by atoms with van der Waals surface area (Å²) in [5.74, 6) is 0.535. The molecule has 0 radical (unpaired) electrons.